The molecule has 1 fully saturated rings. The molecule has 2 heterocycles. The lowest BCUT2D eigenvalue weighted by Crippen LogP contribution is -2.47. The summed E-state index contributed by atoms with van der Waals surface area (Å²) in [5.41, 5.74) is 1.33. The number of hydrogen-bond acceptors (Lipinski definition) is 5. The Kier molecular flexibility index (Phi) is 5.87. The lowest BCUT2D eigenvalue weighted by molar-refractivity contribution is 0.0600. The minimum atomic E-state index is -0.852. The van der Waals surface area contributed by atoms with Crippen LogP contribution in [0.3, 0.4) is 0 Å². The topological polar surface area (TPSA) is 93.3 Å². The maximum absolute atomic E-state index is 13.3. The van der Waals surface area contributed by atoms with Crippen LogP contribution in [0.25, 0.3) is 10.9 Å². The third kappa shape index (κ3) is 3.61. The molecule has 0 radical (unpaired) electrons. The van der Waals surface area contributed by atoms with Gasteiger partial charge in [0.1, 0.15) is 11.8 Å². The van der Waals surface area contributed by atoms with Crippen molar-refractivity contribution in [1.82, 2.24) is 9.88 Å². The molecule has 1 amide bonds. The second-order valence-corrected chi connectivity index (χ2v) is 8.37. The summed E-state index contributed by atoms with van der Waals surface area (Å²) in [4.78, 5) is 25.3. The van der Waals surface area contributed by atoms with E-state index in [-0.39, 0.29) is 23.6 Å². The van der Waals surface area contributed by atoms with Gasteiger partial charge in [-0.2, -0.15) is 5.26 Å². The Balaban J connectivity index is 1.73. The molecule has 7 nitrogen and oxygen atoms in total. The standard InChI is InChI=1S/C23H19Cl2N3O4/c1-28-18-6-5-17(24)20(25)16(18)10-19(28)21(29)27-23(7-8-32-12-23)14-3-4-15(22(30)31-2)13(9-14)11-26/h3-6,9-10H,7-8,12H2,1-2H3,(H,27,29). The molecule has 1 unspecified atom stereocenters. The minimum Gasteiger partial charge on any atom is -0.465 e. The van der Waals surface area contributed by atoms with Crippen LogP contribution >= 0.6 is 23.2 Å². The highest BCUT2D eigenvalue weighted by Crippen LogP contribution is 2.35. The van der Waals surface area contributed by atoms with Crippen molar-refractivity contribution in [3.05, 3.63) is 68.8 Å². The molecule has 4 rings (SSSR count). The minimum absolute atomic E-state index is 0.166. The number of benzene rings is 2. The van der Waals surface area contributed by atoms with Crippen molar-refractivity contribution in [3.8, 4) is 6.07 Å². The van der Waals surface area contributed by atoms with Gasteiger partial charge in [-0.05, 0) is 35.9 Å². The number of fused-ring (bicyclic) bond motifs is 1. The van der Waals surface area contributed by atoms with Crippen molar-refractivity contribution in [3.63, 3.8) is 0 Å². The van der Waals surface area contributed by atoms with Crippen LogP contribution in [0.5, 0.6) is 0 Å². The molecule has 3 aromatic rings. The first-order valence-corrected chi connectivity index (χ1v) is 10.5. The average Bonchev–Trinajstić information content (AvgIpc) is 3.41. The van der Waals surface area contributed by atoms with Crippen molar-refractivity contribution in [2.24, 2.45) is 7.05 Å². The lowest BCUT2D eigenvalue weighted by Gasteiger charge is -2.30. The zero-order valence-electron chi connectivity index (χ0n) is 17.4. The Morgan fingerprint density at radius 2 is 2.03 bits per heavy atom. The molecular formula is C23H19Cl2N3O4. The van der Waals surface area contributed by atoms with E-state index in [9.17, 15) is 14.9 Å². The van der Waals surface area contributed by atoms with Crippen molar-refractivity contribution < 1.29 is 19.1 Å². The van der Waals surface area contributed by atoms with Crippen LogP contribution in [0.15, 0.2) is 36.4 Å². The first-order chi connectivity index (χ1) is 15.3. The van der Waals surface area contributed by atoms with Crippen LogP contribution in [0.4, 0.5) is 0 Å². The van der Waals surface area contributed by atoms with E-state index in [2.05, 4.69) is 5.32 Å². The first-order valence-electron chi connectivity index (χ1n) is 9.78. The van der Waals surface area contributed by atoms with Crippen molar-refractivity contribution in [2.45, 2.75) is 12.0 Å². The van der Waals surface area contributed by atoms with Gasteiger partial charge in [0.15, 0.2) is 0 Å². The smallest absolute Gasteiger partial charge is 0.339 e. The summed E-state index contributed by atoms with van der Waals surface area (Å²) >= 11 is 12.5. The lowest BCUT2D eigenvalue weighted by atomic mass is 9.86. The molecule has 0 bridgehead atoms. The summed E-state index contributed by atoms with van der Waals surface area (Å²) in [6.45, 7) is 0.676. The number of nitrogens with zero attached hydrogens (tertiary/aromatic N) is 2. The van der Waals surface area contributed by atoms with Crippen LogP contribution < -0.4 is 5.32 Å². The molecule has 0 aliphatic carbocycles. The number of aryl methyl sites for hydroxylation is 1. The molecule has 0 spiro atoms. The Bertz CT molecular complexity index is 1290. The largest absolute Gasteiger partial charge is 0.465 e. The van der Waals surface area contributed by atoms with Crippen LogP contribution in [0, 0.1) is 11.3 Å². The molecular weight excluding hydrogens is 453 g/mol. The molecule has 1 aromatic heterocycles. The van der Waals surface area contributed by atoms with Crippen LogP contribution in [-0.4, -0.2) is 36.8 Å². The van der Waals surface area contributed by atoms with Crippen LogP contribution in [0.1, 0.15) is 38.4 Å². The molecule has 1 N–H and O–H groups in total. The molecule has 0 saturated carbocycles. The molecule has 1 atom stereocenters. The molecule has 1 saturated heterocycles. The maximum Gasteiger partial charge on any atom is 0.339 e. The number of methoxy groups -OCH3 is 1. The second-order valence-electron chi connectivity index (χ2n) is 7.59. The molecule has 1 aliphatic heterocycles. The van der Waals surface area contributed by atoms with Gasteiger partial charge in [0.25, 0.3) is 5.91 Å². The molecule has 2 aromatic carbocycles. The third-order valence-electron chi connectivity index (χ3n) is 5.82. The van der Waals surface area contributed by atoms with Crippen molar-refractivity contribution >= 4 is 46.0 Å². The summed E-state index contributed by atoms with van der Waals surface area (Å²) in [6.07, 6.45) is 0.512. The predicted molar refractivity (Wildman–Crippen MR) is 120 cm³/mol. The zero-order valence-corrected chi connectivity index (χ0v) is 18.9. The fourth-order valence-electron chi connectivity index (χ4n) is 4.03. The number of halogens is 2. The number of esters is 1. The van der Waals surface area contributed by atoms with Crippen molar-refractivity contribution in [1.29, 1.82) is 5.26 Å². The number of rotatable bonds is 4. The third-order valence-corrected chi connectivity index (χ3v) is 6.64. The van der Waals surface area contributed by atoms with Gasteiger partial charge in [0, 0.05) is 31.0 Å². The summed E-state index contributed by atoms with van der Waals surface area (Å²) in [5, 5.41) is 14.1. The Hall–Kier alpha value is -3.05. The van der Waals surface area contributed by atoms with E-state index in [4.69, 9.17) is 32.7 Å². The highest BCUT2D eigenvalue weighted by molar-refractivity contribution is 6.45. The number of nitriles is 1. The first kappa shape index (κ1) is 22.2. The van der Waals surface area contributed by atoms with Gasteiger partial charge >= 0.3 is 5.97 Å². The van der Waals surface area contributed by atoms with Gasteiger partial charge < -0.3 is 19.4 Å². The molecule has 32 heavy (non-hydrogen) atoms. The molecule has 164 valence electrons. The quantitative estimate of drug-likeness (QED) is 0.575. The van der Waals surface area contributed by atoms with E-state index in [0.717, 1.165) is 5.52 Å². The molecule has 1 aliphatic rings. The van der Waals surface area contributed by atoms with E-state index in [1.807, 2.05) is 6.07 Å². The van der Waals surface area contributed by atoms with Gasteiger partial charge in [0.05, 0.1) is 40.4 Å². The monoisotopic (exact) mass is 471 g/mol. The fraction of sp³-hybridized carbons (Fsp3) is 0.261. The van der Waals surface area contributed by atoms with Gasteiger partial charge in [-0.1, -0.05) is 29.3 Å². The predicted octanol–water partition coefficient (Wildman–Crippen LogP) is 4.19. The van der Waals surface area contributed by atoms with Gasteiger partial charge in [-0.3, -0.25) is 4.79 Å². The van der Waals surface area contributed by atoms with E-state index < -0.39 is 11.5 Å². The van der Waals surface area contributed by atoms with Crippen LogP contribution in [0.2, 0.25) is 10.0 Å². The second kappa shape index (κ2) is 8.47. The SMILES string of the molecule is COC(=O)c1ccc(C2(NC(=O)c3cc4c(Cl)c(Cl)ccc4n3C)CCOC2)cc1C#N. The number of carbonyl (C=O) groups excluding carboxylic acids is 2. The van der Waals surface area contributed by atoms with Crippen molar-refractivity contribution in [2.75, 3.05) is 20.3 Å². The summed E-state index contributed by atoms with van der Waals surface area (Å²) in [5.74, 6) is -0.920. The highest BCUT2D eigenvalue weighted by atomic mass is 35.5. The maximum atomic E-state index is 13.3. The number of carbonyl (C=O) groups is 2. The van der Waals surface area contributed by atoms with Gasteiger partial charge in [0.2, 0.25) is 0 Å². The Morgan fingerprint density at radius 1 is 1.25 bits per heavy atom. The summed E-state index contributed by atoms with van der Waals surface area (Å²) in [7, 11) is 3.03. The number of hydrogen-bond donors (Lipinski definition) is 1. The number of aromatic nitrogens is 1. The summed E-state index contributed by atoms with van der Waals surface area (Å²) in [6, 6.07) is 12.1. The van der Waals surface area contributed by atoms with E-state index >= 15 is 0 Å². The molecule has 9 heteroatoms. The Labute approximate surface area is 194 Å². The van der Waals surface area contributed by atoms with Gasteiger partial charge in [-0.25, -0.2) is 4.79 Å². The van der Waals surface area contributed by atoms with E-state index in [1.165, 1.54) is 13.2 Å². The number of ether oxygens (including phenoxy) is 2. The number of amides is 1. The average molecular weight is 472 g/mol. The van der Waals surface area contributed by atoms with E-state index in [0.29, 0.717) is 39.7 Å². The summed E-state index contributed by atoms with van der Waals surface area (Å²) < 4.78 is 12.1. The number of nitrogens with one attached hydrogen (secondary N) is 1. The van der Waals surface area contributed by atoms with Gasteiger partial charge in [-0.15, -0.1) is 0 Å². The van der Waals surface area contributed by atoms with Crippen LogP contribution in [-0.2, 0) is 22.1 Å². The highest BCUT2D eigenvalue weighted by Gasteiger charge is 2.39. The van der Waals surface area contributed by atoms with E-state index in [1.54, 1.807) is 41.9 Å². The fourth-order valence-corrected chi connectivity index (χ4v) is 4.41. The zero-order chi connectivity index (χ0) is 23.0. The normalized spacial score (nSPS) is 17.8. The Morgan fingerprint density at radius 3 is 2.69 bits per heavy atom.